The van der Waals surface area contributed by atoms with Crippen molar-refractivity contribution in [2.75, 3.05) is 18.8 Å². The third-order valence-electron chi connectivity index (χ3n) is 3.37. The van der Waals surface area contributed by atoms with Crippen LogP contribution in [0, 0.1) is 0 Å². The molecular weight excluding hydrogens is 324 g/mol. The quantitative estimate of drug-likeness (QED) is 0.607. The highest BCUT2D eigenvalue weighted by Crippen LogP contribution is 2.10. The van der Waals surface area contributed by atoms with Crippen molar-refractivity contribution in [2.45, 2.75) is 39.0 Å². The number of fused-ring (bicyclic) bond motifs is 1. The van der Waals surface area contributed by atoms with E-state index >= 15 is 0 Å². The predicted molar refractivity (Wildman–Crippen MR) is 98.6 cm³/mol. The van der Waals surface area contributed by atoms with Gasteiger partial charge in [-0.1, -0.05) is 6.07 Å². The first-order valence-electron chi connectivity index (χ1n) is 8.11. The molecule has 2 aromatic rings. The lowest BCUT2D eigenvalue weighted by molar-refractivity contribution is 0.647. The number of hydrogen-bond donors (Lipinski definition) is 2. The number of pyridine rings is 1. The number of aliphatic imine (C=N–C) groups is 1. The van der Waals surface area contributed by atoms with Crippen molar-refractivity contribution in [3.05, 3.63) is 30.2 Å². The first-order chi connectivity index (χ1) is 11.4. The molecule has 1 atom stereocenters. The molecule has 0 aliphatic heterocycles. The lowest BCUT2D eigenvalue weighted by atomic mass is 10.3. The Kier molecular flexibility index (Phi) is 6.30. The van der Waals surface area contributed by atoms with Crippen molar-refractivity contribution >= 4 is 22.4 Å². The van der Waals surface area contributed by atoms with Gasteiger partial charge in [0.15, 0.2) is 17.4 Å². The minimum absolute atomic E-state index is 0.197. The molecule has 0 aromatic carbocycles. The molecule has 8 heteroatoms. The SMILES string of the molecule is CCNC(=NCc1nnc2ccccn12)NCCS(=O)C(C)(C)C. The maximum absolute atomic E-state index is 12.1. The van der Waals surface area contributed by atoms with Gasteiger partial charge in [0.05, 0.1) is 0 Å². The zero-order valence-corrected chi connectivity index (χ0v) is 15.6. The summed E-state index contributed by atoms with van der Waals surface area (Å²) in [6.45, 7) is 9.75. The van der Waals surface area contributed by atoms with Crippen LogP contribution in [0.15, 0.2) is 29.4 Å². The Morgan fingerprint density at radius 2 is 2.08 bits per heavy atom. The van der Waals surface area contributed by atoms with Crippen LogP contribution in [0.1, 0.15) is 33.5 Å². The molecular formula is C16H26N6OS. The van der Waals surface area contributed by atoms with E-state index in [9.17, 15) is 4.21 Å². The van der Waals surface area contributed by atoms with E-state index in [0.29, 0.717) is 24.8 Å². The van der Waals surface area contributed by atoms with Crippen LogP contribution in [-0.4, -0.2) is 48.4 Å². The Balaban J connectivity index is 1.97. The molecule has 0 saturated carbocycles. The lowest BCUT2D eigenvalue weighted by Crippen LogP contribution is -2.40. The van der Waals surface area contributed by atoms with Gasteiger partial charge in [0.1, 0.15) is 6.54 Å². The first-order valence-corrected chi connectivity index (χ1v) is 9.43. The number of aromatic nitrogens is 3. The van der Waals surface area contributed by atoms with E-state index in [0.717, 1.165) is 18.0 Å². The molecule has 0 radical (unpaired) electrons. The fourth-order valence-electron chi connectivity index (χ4n) is 2.06. The monoisotopic (exact) mass is 350 g/mol. The summed E-state index contributed by atoms with van der Waals surface area (Å²) in [6, 6.07) is 5.78. The molecule has 2 aromatic heterocycles. The molecule has 1 unspecified atom stereocenters. The van der Waals surface area contributed by atoms with Crippen molar-refractivity contribution in [3.8, 4) is 0 Å². The van der Waals surface area contributed by atoms with Crippen LogP contribution >= 0.6 is 0 Å². The Morgan fingerprint density at radius 1 is 1.29 bits per heavy atom. The van der Waals surface area contributed by atoms with Gasteiger partial charge in [-0.3, -0.25) is 8.61 Å². The molecule has 132 valence electrons. The van der Waals surface area contributed by atoms with E-state index in [1.165, 1.54) is 0 Å². The lowest BCUT2D eigenvalue weighted by Gasteiger charge is -2.18. The molecule has 0 fully saturated rings. The molecule has 0 aliphatic rings. The number of rotatable bonds is 6. The Morgan fingerprint density at radius 3 is 2.79 bits per heavy atom. The van der Waals surface area contributed by atoms with Gasteiger partial charge < -0.3 is 10.6 Å². The number of hydrogen-bond acceptors (Lipinski definition) is 4. The molecule has 0 bridgehead atoms. The number of nitrogens with one attached hydrogen (secondary N) is 2. The summed E-state index contributed by atoms with van der Waals surface area (Å²) in [5, 5.41) is 14.7. The highest BCUT2D eigenvalue weighted by atomic mass is 32.2. The van der Waals surface area contributed by atoms with Crippen LogP contribution in [0.2, 0.25) is 0 Å². The largest absolute Gasteiger partial charge is 0.357 e. The van der Waals surface area contributed by atoms with E-state index in [1.54, 1.807) is 0 Å². The number of nitrogens with zero attached hydrogens (tertiary/aromatic N) is 4. The zero-order chi connectivity index (χ0) is 17.6. The summed E-state index contributed by atoms with van der Waals surface area (Å²) in [4.78, 5) is 4.54. The second-order valence-corrected chi connectivity index (χ2v) is 8.65. The first kappa shape index (κ1) is 18.4. The fourth-order valence-corrected chi connectivity index (χ4v) is 2.96. The molecule has 0 amide bonds. The second-order valence-electron chi connectivity index (χ2n) is 6.33. The third-order valence-corrected chi connectivity index (χ3v) is 5.31. The average Bonchev–Trinajstić information content (AvgIpc) is 2.95. The average molecular weight is 350 g/mol. The van der Waals surface area contributed by atoms with Gasteiger partial charge in [0, 0.05) is 40.6 Å². The van der Waals surface area contributed by atoms with Crippen molar-refractivity contribution < 1.29 is 4.21 Å². The van der Waals surface area contributed by atoms with Crippen molar-refractivity contribution in [2.24, 2.45) is 4.99 Å². The minimum atomic E-state index is -0.881. The maximum Gasteiger partial charge on any atom is 0.191 e. The normalized spacial score (nSPS) is 13.9. The summed E-state index contributed by atoms with van der Waals surface area (Å²) in [7, 11) is -0.881. The van der Waals surface area contributed by atoms with E-state index in [1.807, 2.05) is 56.5 Å². The second kappa shape index (κ2) is 8.23. The van der Waals surface area contributed by atoms with Gasteiger partial charge in [0.25, 0.3) is 0 Å². The van der Waals surface area contributed by atoms with Crippen molar-refractivity contribution in [3.63, 3.8) is 0 Å². The standard InChI is InChI=1S/C16H26N6OS/c1-5-17-15(18-9-11-24(23)16(2,3)4)19-12-14-21-20-13-8-6-7-10-22(13)14/h6-8,10H,5,9,11-12H2,1-4H3,(H2,17,18,19). The highest BCUT2D eigenvalue weighted by molar-refractivity contribution is 7.86. The van der Waals surface area contributed by atoms with E-state index < -0.39 is 10.8 Å². The van der Waals surface area contributed by atoms with Gasteiger partial charge >= 0.3 is 0 Å². The Labute approximate surface area is 145 Å². The predicted octanol–water partition coefficient (Wildman–Crippen LogP) is 1.33. The Hall–Kier alpha value is -1.96. The van der Waals surface area contributed by atoms with E-state index in [-0.39, 0.29) is 4.75 Å². The smallest absolute Gasteiger partial charge is 0.191 e. The molecule has 2 N–H and O–H groups in total. The van der Waals surface area contributed by atoms with Crippen LogP contribution in [-0.2, 0) is 17.3 Å². The Bertz CT molecular complexity index is 719. The van der Waals surface area contributed by atoms with Crippen LogP contribution in [0.5, 0.6) is 0 Å². The highest BCUT2D eigenvalue weighted by Gasteiger charge is 2.18. The van der Waals surface area contributed by atoms with Gasteiger partial charge in [-0.25, -0.2) is 4.99 Å². The third kappa shape index (κ3) is 5.02. The van der Waals surface area contributed by atoms with Gasteiger partial charge in [-0.15, -0.1) is 10.2 Å². The molecule has 0 saturated heterocycles. The van der Waals surface area contributed by atoms with Gasteiger partial charge in [0.2, 0.25) is 0 Å². The van der Waals surface area contributed by atoms with E-state index in [4.69, 9.17) is 0 Å². The van der Waals surface area contributed by atoms with Crippen molar-refractivity contribution in [1.82, 2.24) is 25.2 Å². The fraction of sp³-hybridized carbons (Fsp3) is 0.562. The van der Waals surface area contributed by atoms with Crippen LogP contribution in [0.25, 0.3) is 5.65 Å². The summed E-state index contributed by atoms with van der Waals surface area (Å²) in [5.74, 6) is 2.05. The summed E-state index contributed by atoms with van der Waals surface area (Å²) >= 11 is 0. The summed E-state index contributed by atoms with van der Waals surface area (Å²) < 4.78 is 13.8. The topological polar surface area (TPSA) is 83.7 Å². The molecule has 24 heavy (non-hydrogen) atoms. The molecule has 2 rings (SSSR count). The molecule has 0 spiro atoms. The van der Waals surface area contributed by atoms with Gasteiger partial charge in [-0.2, -0.15) is 0 Å². The molecule has 2 heterocycles. The van der Waals surface area contributed by atoms with E-state index in [2.05, 4.69) is 25.8 Å². The van der Waals surface area contributed by atoms with Gasteiger partial charge in [-0.05, 0) is 39.8 Å². The minimum Gasteiger partial charge on any atom is -0.357 e. The maximum atomic E-state index is 12.1. The zero-order valence-electron chi connectivity index (χ0n) is 14.7. The molecule has 0 aliphatic carbocycles. The summed E-state index contributed by atoms with van der Waals surface area (Å²) in [5.41, 5.74) is 0.807. The van der Waals surface area contributed by atoms with Crippen LogP contribution < -0.4 is 10.6 Å². The van der Waals surface area contributed by atoms with Crippen LogP contribution in [0.3, 0.4) is 0 Å². The molecule has 7 nitrogen and oxygen atoms in total. The van der Waals surface area contributed by atoms with Crippen LogP contribution in [0.4, 0.5) is 0 Å². The summed E-state index contributed by atoms with van der Waals surface area (Å²) in [6.07, 6.45) is 1.92. The van der Waals surface area contributed by atoms with Crippen molar-refractivity contribution in [1.29, 1.82) is 0 Å². The number of guanidine groups is 1.